The van der Waals surface area contributed by atoms with Crippen molar-refractivity contribution in [2.24, 2.45) is 5.92 Å². The van der Waals surface area contributed by atoms with Crippen molar-refractivity contribution in [2.75, 3.05) is 38.0 Å². The van der Waals surface area contributed by atoms with Crippen molar-refractivity contribution in [3.63, 3.8) is 0 Å². The Morgan fingerprint density at radius 3 is 2.22 bits per heavy atom. The van der Waals surface area contributed by atoms with Crippen LogP contribution in [0.3, 0.4) is 0 Å². The van der Waals surface area contributed by atoms with Gasteiger partial charge in [0.1, 0.15) is 12.6 Å². The Morgan fingerprint density at radius 1 is 1.00 bits per heavy atom. The van der Waals surface area contributed by atoms with Crippen molar-refractivity contribution < 1.29 is 18.0 Å². The fourth-order valence-electron chi connectivity index (χ4n) is 4.01. The highest BCUT2D eigenvalue weighted by molar-refractivity contribution is 7.90. The molecule has 204 valence electrons. The Bertz CT molecular complexity index is 1150. The molecule has 0 radical (unpaired) electrons. The molecule has 0 aliphatic rings. The zero-order valence-electron chi connectivity index (χ0n) is 23.2. The second kappa shape index (κ2) is 13.6. The van der Waals surface area contributed by atoms with Gasteiger partial charge in [0.15, 0.2) is 0 Å². The maximum atomic E-state index is 13.9. The normalized spacial score (nSPS) is 12.5. The smallest absolute Gasteiger partial charge is 0.304 e. The number of benzene rings is 2. The van der Waals surface area contributed by atoms with Crippen LogP contribution in [0.1, 0.15) is 43.9 Å². The number of nitrogens with zero attached hydrogens (tertiary/aromatic N) is 3. The Balaban J connectivity index is 2.46. The molecular formula is C28H42N4O4S. The third-order valence-electron chi connectivity index (χ3n) is 6.21. The van der Waals surface area contributed by atoms with Gasteiger partial charge in [-0.1, -0.05) is 63.2 Å². The molecular weight excluding hydrogens is 488 g/mol. The molecule has 2 aromatic carbocycles. The minimum absolute atomic E-state index is 0.230. The lowest BCUT2D eigenvalue weighted by atomic mass is 10.1. The first-order chi connectivity index (χ1) is 17.4. The lowest BCUT2D eigenvalue weighted by Gasteiger charge is -2.34. The third-order valence-corrected chi connectivity index (χ3v) is 8.01. The first kappa shape index (κ1) is 30.3. The van der Waals surface area contributed by atoms with Crippen LogP contribution in [-0.2, 0) is 26.2 Å². The van der Waals surface area contributed by atoms with Gasteiger partial charge in [0.2, 0.25) is 11.8 Å². The molecule has 37 heavy (non-hydrogen) atoms. The topological polar surface area (TPSA) is 90.0 Å². The molecule has 0 fully saturated rings. The minimum atomic E-state index is -3.98. The minimum Gasteiger partial charge on any atom is -0.354 e. The lowest BCUT2D eigenvalue weighted by Crippen LogP contribution is -2.54. The van der Waals surface area contributed by atoms with E-state index in [1.807, 2.05) is 77.1 Å². The molecule has 2 aromatic rings. The largest absolute Gasteiger partial charge is 0.354 e. The van der Waals surface area contributed by atoms with Gasteiger partial charge < -0.3 is 10.2 Å². The summed E-state index contributed by atoms with van der Waals surface area (Å²) in [7, 11) is -1.09. The van der Waals surface area contributed by atoms with Gasteiger partial charge in [0.25, 0.3) is 0 Å². The van der Waals surface area contributed by atoms with E-state index in [-0.39, 0.29) is 11.8 Å². The van der Waals surface area contributed by atoms with E-state index in [9.17, 15) is 18.0 Å². The Morgan fingerprint density at radius 2 is 1.65 bits per heavy atom. The molecule has 0 unspecified atom stereocenters. The molecule has 0 saturated carbocycles. The number of nitrogens with one attached hydrogen (secondary N) is 1. The van der Waals surface area contributed by atoms with E-state index in [0.29, 0.717) is 31.6 Å². The summed E-state index contributed by atoms with van der Waals surface area (Å²) in [4.78, 5) is 28.6. The van der Waals surface area contributed by atoms with Crippen LogP contribution in [-0.4, -0.2) is 69.2 Å². The number of anilines is 1. The number of carbonyl (C=O) groups excluding carboxylic acids is 2. The summed E-state index contributed by atoms with van der Waals surface area (Å²) in [6, 6.07) is 14.5. The highest BCUT2D eigenvalue weighted by atomic mass is 32.2. The van der Waals surface area contributed by atoms with Crippen LogP contribution < -0.4 is 9.62 Å². The van der Waals surface area contributed by atoms with E-state index in [1.165, 1.54) is 19.0 Å². The van der Waals surface area contributed by atoms with Crippen LogP contribution >= 0.6 is 0 Å². The number of rotatable bonds is 13. The van der Waals surface area contributed by atoms with E-state index in [0.717, 1.165) is 25.3 Å². The first-order valence-corrected chi connectivity index (χ1v) is 14.2. The molecule has 0 spiro atoms. The zero-order chi connectivity index (χ0) is 27.8. The number of hydrogen-bond donors (Lipinski definition) is 1. The Labute approximate surface area is 222 Å². The molecule has 0 aromatic heterocycles. The molecule has 0 heterocycles. The molecule has 1 atom stereocenters. The molecule has 9 heteroatoms. The van der Waals surface area contributed by atoms with Gasteiger partial charge in [-0.25, -0.2) is 4.31 Å². The SMILES string of the molecule is CC[C@@H](C(=O)NCC(C)C)N(CCc1ccccc1)C(=O)CN(c1cc(C)ccc1C)S(=O)(=O)N(C)C. The van der Waals surface area contributed by atoms with Crippen molar-refractivity contribution in [1.29, 1.82) is 0 Å². The van der Waals surface area contributed by atoms with Gasteiger partial charge in [-0.3, -0.25) is 9.59 Å². The zero-order valence-corrected chi connectivity index (χ0v) is 24.0. The van der Waals surface area contributed by atoms with E-state index in [1.54, 1.807) is 6.07 Å². The van der Waals surface area contributed by atoms with Gasteiger partial charge in [-0.2, -0.15) is 12.7 Å². The van der Waals surface area contributed by atoms with Gasteiger partial charge >= 0.3 is 10.2 Å². The number of amides is 2. The summed E-state index contributed by atoms with van der Waals surface area (Å²) < 4.78 is 29.0. The highest BCUT2D eigenvalue weighted by Gasteiger charge is 2.34. The second-order valence-electron chi connectivity index (χ2n) is 9.97. The summed E-state index contributed by atoms with van der Waals surface area (Å²) >= 11 is 0. The molecule has 2 rings (SSSR count). The van der Waals surface area contributed by atoms with E-state index >= 15 is 0 Å². The monoisotopic (exact) mass is 530 g/mol. The van der Waals surface area contributed by atoms with Crippen molar-refractivity contribution in [1.82, 2.24) is 14.5 Å². The fraction of sp³-hybridized carbons (Fsp3) is 0.500. The van der Waals surface area contributed by atoms with Gasteiger partial charge in [0.05, 0.1) is 5.69 Å². The van der Waals surface area contributed by atoms with Crippen molar-refractivity contribution in [3.05, 3.63) is 65.2 Å². The summed E-state index contributed by atoms with van der Waals surface area (Å²) in [5.41, 5.74) is 3.10. The molecule has 2 amide bonds. The first-order valence-electron chi connectivity index (χ1n) is 12.8. The number of aryl methyl sites for hydroxylation is 2. The van der Waals surface area contributed by atoms with E-state index < -0.39 is 28.7 Å². The quantitative estimate of drug-likeness (QED) is 0.429. The molecule has 0 aliphatic heterocycles. The van der Waals surface area contributed by atoms with Crippen LogP contribution in [0.15, 0.2) is 48.5 Å². The molecule has 8 nitrogen and oxygen atoms in total. The highest BCUT2D eigenvalue weighted by Crippen LogP contribution is 2.26. The van der Waals surface area contributed by atoms with Crippen LogP contribution in [0.4, 0.5) is 5.69 Å². The summed E-state index contributed by atoms with van der Waals surface area (Å²) in [6.45, 7) is 9.96. The van der Waals surface area contributed by atoms with Gasteiger partial charge in [-0.15, -0.1) is 0 Å². The van der Waals surface area contributed by atoms with Crippen LogP contribution in [0.5, 0.6) is 0 Å². The fourth-order valence-corrected chi connectivity index (χ4v) is 5.12. The maximum Gasteiger partial charge on any atom is 0.304 e. The van der Waals surface area contributed by atoms with Crippen molar-refractivity contribution in [2.45, 2.75) is 53.5 Å². The summed E-state index contributed by atoms with van der Waals surface area (Å²) in [5.74, 6) is -0.389. The molecule has 0 saturated heterocycles. The van der Waals surface area contributed by atoms with Gasteiger partial charge in [0, 0.05) is 27.2 Å². The summed E-state index contributed by atoms with van der Waals surface area (Å²) in [5, 5.41) is 2.94. The standard InChI is InChI=1S/C28H42N4O4S/c1-8-25(28(34)29-19-21(2)3)31(17-16-24-12-10-9-11-13-24)27(33)20-32(37(35,36)30(6)7)26-18-22(4)14-15-23(26)5/h9-15,18,21,25H,8,16-17,19-20H2,1-7H3,(H,29,34)/t25-/m0/s1. The van der Waals surface area contributed by atoms with E-state index in [4.69, 9.17) is 0 Å². The molecule has 1 N–H and O–H groups in total. The van der Waals surface area contributed by atoms with Crippen molar-refractivity contribution >= 4 is 27.7 Å². The predicted octanol–water partition coefficient (Wildman–Crippen LogP) is 3.54. The maximum absolute atomic E-state index is 13.9. The summed E-state index contributed by atoms with van der Waals surface area (Å²) in [6.07, 6.45) is 0.957. The van der Waals surface area contributed by atoms with Crippen LogP contribution in [0.2, 0.25) is 0 Å². The second-order valence-corrected chi connectivity index (χ2v) is 12.0. The average molecular weight is 531 g/mol. The average Bonchev–Trinajstić information content (AvgIpc) is 2.85. The van der Waals surface area contributed by atoms with Crippen LogP contribution in [0.25, 0.3) is 0 Å². The third kappa shape index (κ3) is 8.30. The number of hydrogen-bond acceptors (Lipinski definition) is 4. The van der Waals surface area contributed by atoms with Crippen molar-refractivity contribution in [3.8, 4) is 0 Å². The Kier molecular flexibility index (Phi) is 11.1. The lowest BCUT2D eigenvalue weighted by molar-refractivity contribution is -0.139. The van der Waals surface area contributed by atoms with E-state index in [2.05, 4.69) is 5.32 Å². The van der Waals surface area contributed by atoms with Crippen LogP contribution in [0, 0.1) is 19.8 Å². The van der Waals surface area contributed by atoms with Gasteiger partial charge in [-0.05, 0) is 55.4 Å². The molecule has 0 aliphatic carbocycles. The molecule has 0 bridgehead atoms. The Hall–Kier alpha value is -2.91. The predicted molar refractivity (Wildman–Crippen MR) is 150 cm³/mol. The number of carbonyl (C=O) groups is 2.